The lowest BCUT2D eigenvalue weighted by Gasteiger charge is -2.56. The van der Waals surface area contributed by atoms with Crippen molar-refractivity contribution >= 4 is 16.7 Å². The molecule has 4 bridgehead atoms. The van der Waals surface area contributed by atoms with Crippen LogP contribution < -0.4 is 5.73 Å². The molecule has 0 spiro atoms. The Kier molecular flexibility index (Phi) is 2.08. The number of hydrogen-bond acceptors (Lipinski definition) is 4. The number of nitrogens with two attached hydrogens (primary N) is 1. The van der Waals surface area contributed by atoms with Crippen molar-refractivity contribution in [1.29, 1.82) is 0 Å². The molecule has 0 amide bonds. The Labute approximate surface area is 106 Å². The van der Waals surface area contributed by atoms with Crippen LogP contribution in [0.4, 0.5) is 5.13 Å². The van der Waals surface area contributed by atoms with Crippen molar-refractivity contribution in [3.05, 3.63) is 5.82 Å². The average Bonchev–Trinajstić information content (AvgIpc) is 2.60. The molecule has 0 aromatic carbocycles. The van der Waals surface area contributed by atoms with E-state index in [4.69, 9.17) is 5.73 Å². The van der Waals surface area contributed by atoms with Gasteiger partial charge < -0.3 is 5.73 Å². The van der Waals surface area contributed by atoms with Gasteiger partial charge in [0.25, 0.3) is 0 Å². The first kappa shape index (κ1) is 10.3. The summed E-state index contributed by atoms with van der Waals surface area (Å²) in [6.45, 7) is 0. The largest absolute Gasteiger partial charge is 0.374 e. The second-order valence-corrected chi connectivity index (χ2v) is 7.43. The number of aromatic nitrogens is 2. The molecule has 4 fully saturated rings. The maximum Gasteiger partial charge on any atom is 0.199 e. The molecule has 0 aliphatic heterocycles. The van der Waals surface area contributed by atoms with Gasteiger partial charge in [0.05, 0.1) is 0 Å². The summed E-state index contributed by atoms with van der Waals surface area (Å²) in [5, 5.41) is 0.629. The predicted octanol–water partition coefficient (Wildman–Crippen LogP) is 2.88. The van der Waals surface area contributed by atoms with Gasteiger partial charge in [0.1, 0.15) is 5.82 Å². The fourth-order valence-electron chi connectivity index (χ4n) is 5.18. The maximum absolute atomic E-state index is 5.69. The minimum absolute atomic E-state index is 0.544. The summed E-state index contributed by atoms with van der Waals surface area (Å²) < 4.78 is 4.40. The van der Waals surface area contributed by atoms with Gasteiger partial charge in [0.15, 0.2) is 5.13 Å². The van der Waals surface area contributed by atoms with Gasteiger partial charge in [-0.05, 0) is 61.7 Å². The van der Waals surface area contributed by atoms with Gasteiger partial charge in [0.2, 0.25) is 0 Å². The van der Waals surface area contributed by atoms with Gasteiger partial charge in [-0.15, -0.1) is 0 Å². The SMILES string of the molecule is Nc1nc(CC23CC4CC(CC(C4)C2)C3)ns1. The van der Waals surface area contributed by atoms with Gasteiger partial charge in [-0.1, -0.05) is 0 Å². The van der Waals surface area contributed by atoms with E-state index < -0.39 is 0 Å². The van der Waals surface area contributed by atoms with E-state index in [1.165, 1.54) is 50.1 Å². The van der Waals surface area contributed by atoms with Gasteiger partial charge in [0, 0.05) is 18.0 Å². The predicted molar refractivity (Wildman–Crippen MR) is 68.6 cm³/mol. The van der Waals surface area contributed by atoms with Crippen LogP contribution in [0.15, 0.2) is 0 Å². The third kappa shape index (κ3) is 1.68. The lowest BCUT2D eigenvalue weighted by molar-refractivity contribution is -0.0530. The summed E-state index contributed by atoms with van der Waals surface area (Å²) in [6.07, 6.45) is 9.89. The molecule has 2 N–H and O–H groups in total. The van der Waals surface area contributed by atoms with Crippen molar-refractivity contribution in [2.45, 2.75) is 44.9 Å². The average molecular weight is 249 g/mol. The highest BCUT2D eigenvalue weighted by Crippen LogP contribution is 2.60. The van der Waals surface area contributed by atoms with Crippen LogP contribution in [0.2, 0.25) is 0 Å². The molecule has 92 valence electrons. The Morgan fingerprint density at radius 3 is 2.18 bits per heavy atom. The Balaban J connectivity index is 1.60. The Bertz CT molecular complexity index is 404. The summed E-state index contributed by atoms with van der Waals surface area (Å²) in [6, 6.07) is 0. The van der Waals surface area contributed by atoms with Crippen molar-refractivity contribution < 1.29 is 0 Å². The molecular weight excluding hydrogens is 230 g/mol. The molecule has 0 unspecified atom stereocenters. The van der Waals surface area contributed by atoms with Gasteiger partial charge in [-0.2, -0.15) is 4.37 Å². The van der Waals surface area contributed by atoms with Crippen molar-refractivity contribution in [3.8, 4) is 0 Å². The smallest absolute Gasteiger partial charge is 0.199 e. The zero-order valence-corrected chi connectivity index (χ0v) is 10.9. The van der Waals surface area contributed by atoms with Crippen LogP contribution in [0.1, 0.15) is 44.3 Å². The number of nitrogens with zero attached hydrogens (tertiary/aromatic N) is 2. The molecule has 3 nitrogen and oxygen atoms in total. The monoisotopic (exact) mass is 249 g/mol. The number of rotatable bonds is 2. The van der Waals surface area contributed by atoms with E-state index in [-0.39, 0.29) is 0 Å². The molecule has 0 radical (unpaired) electrons. The van der Waals surface area contributed by atoms with Crippen LogP contribution in [0.25, 0.3) is 0 Å². The summed E-state index contributed by atoms with van der Waals surface area (Å²) in [4.78, 5) is 4.37. The molecule has 4 saturated carbocycles. The highest BCUT2D eigenvalue weighted by Gasteiger charge is 2.51. The molecule has 1 aromatic rings. The molecule has 1 heterocycles. The van der Waals surface area contributed by atoms with Gasteiger partial charge in [-0.25, -0.2) is 4.98 Å². The van der Waals surface area contributed by atoms with E-state index in [0.717, 1.165) is 30.0 Å². The first-order valence-corrected chi connectivity index (χ1v) is 7.56. The minimum atomic E-state index is 0.544. The van der Waals surface area contributed by atoms with Crippen molar-refractivity contribution in [3.63, 3.8) is 0 Å². The van der Waals surface area contributed by atoms with Crippen LogP contribution in [0, 0.1) is 23.2 Å². The van der Waals surface area contributed by atoms with E-state index in [1.54, 1.807) is 0 Å². The lowest BCUT2D eigenvalue weighted by atomic mass is 9.49. The normalized spacial score (nSPS) is 43.2. The molecule has 0 saturated heterocycles. The van der Waals surface area contributed by atoms with Gasteiger partial charge >= 0.3 is 0 Å². The van der Waals surface area contributed by atoms with Gasteiger partial charge in [-0.3, -0.25) is 0 Å². The van der Waals surface area contributed by atoms with E-state index in [1.807, 2.05) is 0 Å². The Morgan fingerprint density at radius 1 is 1.12 bits per heavy atom. The number of anilines is 1. The molecule has 5 rings (SSSR count). The zero-order valence-electron chi connectivity index (χ0n) is 10.1. The van der Waals surface area contributed by atoms with Crippen molar-refractivity contribution in [2.75, 3.05) is 5.73 Å². The first-order chi connectivity index (χ1) is 8.21. The summed E-state index contributed by atoms with van der Waals surface area (Å²) in [5.41, 5.74) is 6.23. The Hall–Kier alpha value is -0.640. The fourth-order valence-corrected chi connectivity index (χ4v) is 5.63. The number of hydrogen-bond donors (Lipinski definition) is 1. The van der Waals surface area contributed by atoms with E-state index in [9.17, 15) is 0 Å². The molecule has 4 aliphatic carbocycles. The van der Waals surface area contributed by atoms with E-state index in [2.05, 4.69) is 9.36 Å². The first-order valence-electron chi connectivity index (χ1n) is 6.79. The molecule has 4 aliphatic rings. The quantitative estimate of drug-likeness (QED) is 0.877. The molecule has 17 heavy (non-hydrogen) atoms. The maximum atomic E-state index is 5.69. The molecule has 4 heteroatoms. The summed E-state index contributed by atoms with van der Waals surface area (Å²) in [5.74, 6) is 4.04. The van der Waals surface area contributed by atoms with E-state index in [0.29, 0.717) is 10.5 Å². The molecular formula is C13H19N3S. The van der Waals surface area contributed by atoms with Crippen molar-refractivity contribution in [2.24, 2.45) is 23.2 Å². The fraction of sp³-hybridized carbons (Fsp3) is 0.846. The topological polar surface area (TPSA) is 51.8 Å². The third-order valence-electron chi connectivity index (χ3n) is 5.18. The van der Waals surface area contributed by atoms with Crippen LogP contribution >= 0.6 is 11.5 Å². The van der Waals surface area contributed by atoms with Crippen LogP contribution in [0.3, 0.4) is 0 Å². The summed E-state index contributed by atoms with van der Waals surface area (Å²) >= 11 is 1.35. The van der Waals surface area contributed by atoms with Crippen LogP contribution in [-0.2, 0) is 6.42 Å². The van der Waals surface area contributed by atoms with Crippen LogP contribution in [0.5, 0.6) is 0 Å². The van der Waals surface area contributed by atoms with Crippen molar-refractivity contribution in [1.82, 2.24) is 9.36 Å². The molecule has 0 atom stereocenters. The Morgan fingerprint density at radius 2 is 1.71 bits per heavy atom. The third-order valence-corrected chi connectivity index (χ3v) is 5.76. The number of nitrogen functional groups attached to an aromatic ring is 1. The summed E-state index contributed by atoms with van der Waals surface area (Å²) in [7, 11) is 0. The second kappa shape index (κ2) is 3.44. The molecule has 1 aromatic heterocycles. The highest BCUT2D eigenvalue weighted by atomic mass is 32.1. The highest BCUT2D eigenvalue weighted by molar-refractivity contribution is 7.09. The second-order valence-electron chi connectivity index (χ2n) is 6.64. The minimum Gasteiger partial charge on any atom is -0.374 e. The zero-order chi connectivity index (χ0) is 11.5. The lowest BCUT2D eigenvalue weighted by Crippen LogP contribution is -2.47. The van der Waals surface area contributed by atoms with E-state index >= 15 is 0 Å². The van der Waals surface area contributed by atoms with Crippen LogP contribution in [-0.4, -0.2) is 9.36 Å². The standard InChI is InChI=1S/C13H19N3S/c14-12-15-11(16-17-12)7-13-4-8-1-9(5-13)3-10(2-8)6-13/h8-10H,1-7H2,(H2,14,15,16).